The molecule has 1 N–H and O–H groups in total. The molecule has 5 heteroatoms. The van der Waals surface area contributed by atoms with Gasteiger partial charge in [0.2, 0.25) is 5.43 Å². The van der Waals surface area contributed by atoms with E-state index >= 15 is 0 Å². The number of pyridine rings is 1. The fourth-order valence-electron chi connectivity index (χ4n) is 1.30. The normalized spacial score (nSPS) is 10.2. The third kappa shape index (κ3) is 1.47. The maximum atomic E-state index is 13.1. The summed E-state index contributed by atoms with van der Waals surface area (Å²) in [6.45, 7) is 0. The first-order valence-corrected chi connectivity index (χ1v) is 4.42. The Kier molecular flexibility index (Phi) is 2.18. The van der Waals surface area contributed by atoms with Crippen LogP contribution in [0.15, 0.2) is 23.1 Å². The zero-order valence-electron chi connectivity index (χ0n) is 7.34. The Morgan fingerprint density at radius 1 is 1.47 bits per heavy atom. The van der Waals surface area contributed by atoms with Gasteiger partial charge in [0.25, 0.3) is 0 Å². The molecule has 0 saturated carbocycles. The lowest BCUT2D eigenvalue weighted by Crippen LogP contribution is -2.07. The second-order valence-corrected chi connectivity index (χ2v) is 3.36. The van der Waals surface area contributed by atoms with Crippen molar-refractivity contribution in [1.82, 2.24) is 4.98 Å². The van der Waals surface area contributed by atoms with E-state index in [2.05, 4.69) is 4.98 Å². The van der Waals surface area contributed by atoms with Crippen molar-refractivity contribution in [3.8, 4) is 6.07 Å². The number of nitrogens with one attached hydrogen (secondary N) is 1. The van der Waals surface area contributed by atoms with Gasteiger partial charge in [-0.25, -0.2) is 4.39 Å². The fraction of sp³-hybridized carbons (Fsp3) is 0. The number of hydrogen-bond acceptors (Lipinski definition) is 2. The number of nitrogens with zero attached hydrogens (tertiary/aromatic N) is 1. The lowest BCUT2D eigenvalue weighted by molar-refractivity contribution is 0.630. The van der Waals surface area contributed by atoms with E-state index < -0.39 is 11.2 Å². The van der Waals surface area contributed by atoms with Gasteiger partial charge in [-0.2, -0.15) is 5.26 Å². The molecule has 0 atom stereocenters. The number of halogens is 2. The maximum absolute atomic E-state index is 13.1. The molecule has 0 aliphatic heterocycles. The van der Waals surface area contributed by atoms with Crippen LogP contribution >= 0.6 is 11.6 Å². The molecular formula is C10H4ClFN2O. The summed E-state index contributed by atoms with van der Waals surface area (Å²) in [5, 5.41) is 8.67. The average Bonchev–Trinajstić information content (AvgIpc) is 2.22. The van der Waals surface area contributed by atoms with Crippen molar-refractivity contribution in [2.24, 2.45) is 0 Å². The van der Waals surface area contributed by atoms with Crippen LogP contribution in [0.5, 0.6) is 0 Å². The molecule has 0 radical (unpaired) electrons. The van der Waals surface area contributed by atoms with Gasteiger partial charge in [0.05, 0.1) is 10.5 Å². The Morgan fingerprint density at radius 2 is 2.20 bits per heavy atom. The van der Waals surface area contributed by atoms with E-state index in [0.29, 0.717) is 5.52 Å². The Hall–Kier alpha value is -1.86. The summed E-state index contributed by atoms with van der Waals surface area (Å²) in [7, 11) is 0. The molecule has 0 unspecified atom stereocenters. The van der Waals surface area contributed by atoms with Gasteiger partial charge in [-0.1, -0.05) is 11.6 Å². The molecule has 15 heavy (non-hydrogen) atoms. The topological polar surface area (TPSA) is 56.6 Å². The van der Waals surface area contributed by atoms with Gasteiger partial charge >= 0.3 is 0 Å². The van der Waals surface area contributed by atoms with Gasteiger partial charge < -0.3 is 4.98 Å². The molecule has 2 aromatic rings. The molecule has 0 bridgehead atoms. The highest BCUT2D eigenvalue weighted by molar-refractivity contribution is 6.31. The predicted molar refractivity (Wildman–Crippen MR) is 54.3 cm³/mol. The third-order valence-corrected chi connectivity index (χ3v) is 2.33. The van der Waals surface area contributed by atoms with Crippen LogP contribution in [0.3, 0.4) is 0 Å². The average molecular weight is 223 g/mol. The lowest BCUT2D eigenvalue weighted by atomic mass is 10.1. The van der Waals surface area contributed by atoms with E-state index in [1.165, 1.54) is 12.3 Å². The highest BCUT2D eigenvalue weighted by Gasteiger charge is 2.08. The van der Waals surface area contributed by atoms with Crippen molar-refractivity contribution < 1.29 is 4.39 Å². The lowest BCUT2D eigenvalue weighted by Gasteiger charge is -1.99. The van der Waals surface area contributed by atoms with Crippen molar-refractivity contribution in [2.75, 3.05) is 0 Å². The third-order valence-electron chi connectivity index (χ3n) is 2.04. The molecule has 0 saturated heterocycles. The summed E-state index contributed by atoms with van der Waals surface area (Å²) in [6, 6.07) is 4.06. The van der Waals surface area contributed by atoms with Crippen LogP contribution < -0.4 is 5.43 Å². The number of benzene rings is 1. The second-order valence-electron chi connectivity index (χ2n) is 2.96. The minimum absolute atomic E-state index is 0.0516. The molecule has 0 aliphatic rings. The van der Waals surface area contributed by atoms with Crippen LogP contribution in [0.1, 0.15) is 5.56 Å². The highest BCUT2D eigenvalue weighted by Crippen LogP contribution is 2.19. The van der Waals surface area contributed by atoms with Crippen LogP contribution in [-0.2, 0) is 0 Å². The molecule has 1 heterocycles. The van der Waals surface area contributed by atoms with Crippen molar-refractivity contribution in [3.05, 3.63) is 45.0 Å². The smallest absolute Gasteiger partial charge is 0.207 e. The molecule has 74 valence electrons. The van der Waals surface area contributed by atoms with Crippen LogP contribution in [-0.4, -0.2) is 4.98 Å². The van der Waals surface area contributed by atoms with E-state index in [0.717, 1.165) is 6.07 Å². The number of hydrogen-bond donors (Lipinski definition) is 1. The minimum atomic E-state index is -0.676. The number of rotatable bonds is 0. The second kappa shape index (κ2) is 3.37. The van der Waals surface area contributed by atoms with Crippen molar-refractivity contribution in [1.29, 1.82) is 5.26 Å². The van der Waals surface area contributed by atoms with Crippen LogP contribution in [0.2, 0.25) is 5.02 Å². The van der Waals surface area contributed by atoms with Gasteiger partial charge in [-0.3, -0.25) is 4.79 Å². The SMILES string of the molecule is N#Cc1c[nH]c2cc(Cl)c(F)cc2c1=O. The van der Waals surface area contributed by atoms with Gasteiger partial charge in [0, 0.05) is 11.6 Å². The number of H-pyrrole nitrogens is 1. The van der Waals surface area contributed by atoms with Crippen molar-refractivity contribution in [3.63, 3.8) is 0 Å². The molecular weight excluding hydrogens is 219 g/mol. The van der Waals surface area contributed by atoms with Gasteiger partial charge in [-0.05, 0) is 12.1 Å². The Bertz CT molecular complexity index is 642. The van der Waals surface area contributed by atoms with E-state index in [4.69, 9.17) is 16.9 Å². The summed E-state index contributed by atoms with van der Waals surface area (Å²) < 4.78 is 13.1. The van der Waals surface area contributed by atoms with Crippen molar-refractivity contribution in [2.45, 2.75) is 0 Å². The first-order chi connectivity index (χ1) is 7.13. The van der Waals surface area contributed by atoms with Crippen LogP contribution in [0, 0.1) is 17.1 Å². The Balaban J connectivity index is 2.96. The van der Waals surface area contributed by atoms with E-state index in [1.54, 1.807) is 6.07 Å². The predicted octanol–water partition coefficient (Wildman–Crippen LogP) is 2.19. The Morgan fingerprint density at radius 3 is 2.87 bits per heavy atom. The summed E-state index contributed by atoms with van der Waals surface area (Å²) in [5.41, 5.74) is -0.142. The minimum Gasteiger partial charge on any atom is -0.360 e. The summed E-state index contributed by atoms with van der Waals surface area (Å²) in [6.07, 6.45) is 1.28. The first kappa shape index (κ1) is 9.69. The standard InChI is InChI=1S/C10H4ClFN2O/c11-7-2-9-6(1-8(7)12)10(15)5(3-13)4-14-9/h1-2,4H,(H,14,15). The molecule has 1 aromatic heterocycles. The zero-order chi connectivity index (χ0) is 11.0. The Labute approximate surface area is 88.7 Å². The molecule has 3 nitrogen and oxygen atoms in total. The number of aromatic nitrogens is 1. The summed E-state index contributed by atoms with van der Waals surface area (Å²) in [4.78, 5) is 14.3. The van der Waals surface area contributed by atoms with Gasteiger partial charge in [-0.15, -0.1) is 0 Å². The first-order valence-electron chi connectivity index (χ1n) is 4.04. The quantitative estimate of drug-likeness (QED) is 0.743. The largest absolute Gasteiger partial charge is 0.360 e. The molecule has 0 amide bonds. The number of nitriles is 1. The number of aromatic amines is 1. The van der Waals surface area contributed by atoms with Crippen LogP contribution in [0.25, 0.3) is 10.9 Å². The van der Waals surface area contributed by atoms with Gasteiger partial charge in [0.1, 0.15) is 17.4 Å². The summed E-state index contributed by atoms with van der Waals surface area (Å²) in [5.74, 6) is -0.676. The van der Waals surface area contributed by atoms with E-state index in [1.807, 2.05) is 0 Å². The maximum Gasteiger partial charge on any atom is 0.207 e. The fourth-order valence-corrected chi connectivity index (χ4v) is 1.46. The van der Waals surface area contributed by atoms with Crippen LogP contribution in [0.4, 0.5) is 4.39 Å². The molecule has 0 spiro atoms. The summed E-state index contributed by atoms with van der Waals surface area (Å²) >= 11 is 5.55. The molecule has 2 rings (SSSR count). The zero-order valence-corrected chi connectivity index (χ0v) is 8.10. The number of fused-ring (bicyclic) bond motifs is 1. The molecule has 1 aromatic carbocycles. The van der Waals surface area contributed by atoms with Crippen molar-refractivity contribution >= 4 is 22.5 Å². The van der Waals surface area contributed by atoms with E-state index in [-0.39, 0.29) is 16.0 Å². The van der Waals surface area contributed by atoms with Gasteiger partial charge in [0.15, 0.2) is 0 Å². The van der Waals surface area contributed by atoms with E-state index in [9.17, 15) is 9.18 Å². The monoisotopic (exact) mass is 222 g/mol. The molecule has 0 fully saturated rings. The highest BCUT2D eigenvalue weighted by atomic mass is 35.5. The molecule has 0 aliphatic carbocycles.